The zero-order valence-electron chi connectivity index (χ0n) is 18.1. The van der Waals surface area contributed by atoms with Crippen molar-refractivity contribution in [1.29, 1.82) is 0 Å². The van der Waals surface area contributed by atoms with Gasteiger partial charge in [-0.2, -0.15) is 0 Å². The first-order valence-electron chi connectivity index (χ1n) is 9.83. The fourth-order valence-corrected chi connectivity index (χ4v) is 3.85. The number of allylic oxidation sites excluding steroid dienone is 1. The summed E-state index contributed by atoms with van der Waals surface area (Å²) in [7, 11) is 1.71. The van der Waals surface area contributed by atoms with Gasteiger partial charge in [-0.25, -0.2) is 0 Å². The Labute approximate surface area is 169 Å². The van der Waals surface area contributed by atoms with Crippen LogP contribution in [0.2, 0.25) is 0 Å². The minimum atomic E-state index is -0.455. The summed E-state index contributed by atoms with van der Waals surface area (Å²) < 4.78 is 0. The van der Waals surface area contributed by atoms with Crippen molar-refractivity contribution in [1.82, 2.24) is 10.2 Å². The zero-order chi connectivity index (χ0) is 21.6. The Kier molecular flexibility index (Phi) is 8.61. The van der Waals surface area contributed by atoms with E-state index in [0.29, 0.717) is 47.9 Å². The SMILES string of the molecule is C=C1CN(C)C(=O)C(=C)/C1=C(\CC(CC)CC(C)C)C(C(=O)NC=O)=C(C)C. The summed E-state index contributed by atoms with van der Waals surface area (Å²) >= 11 is 0. The summed E-state index contributed by atoms with van der Waals surface area (Å²) in [6.45, 7) is 18.7. The lowest BCUT2D eigenvalue weighted by Gasteiger charge is -2.32. The largest absolute Gasteiger partial charge is 0.337 e. The van der Waals surface area contributed by atoms with E-state index in [1.807, 2.05) is 13.8 Å². The van der Waals surface area contributed by atoms with Crippen LogP contribution >= 0.6 is 0 Å². The molecule has 0 radical (unpaired) electrons. The van der Waals surface area contributed by atoms with Gasteiger partial charge in [0.1, 0.15) is 0 Å². The van der Waals surface area contributed by atoms with Crippen LogP contribution in [-0.2, 0) is 14.4 Å². The maximum atomic E-state index is 12.7. The molecule has 0 aliphatic carbocycles. The van der Waals surface area contributed by atoms with Gasteiger partial charge in [0.25, 0.3) is 11.8 Å². The Morgan fingerprint density at radius 1 is 1.29 bits per heavy atom. The molecule has 0 saturated carbocycles. The van der Waals surface area contributed by atoms with Crippen molar-refractivity contribution >= 4 is 18.2 Å². The van der Waals surface area contributed by atoms with E-state index in [1.54, 1.807) is 11.9 Å². The Balaban J connectivity index is 3.67. The van der Waals surface area contributed by atoms with Crippen LogP contribution in [-0.4, -0.2) is 36.7 Å². The average molecular weight is 387 g/mol. The molecular formula is C23H34N2O3. The third-order valence-electron chi connectivity index (χ3n) is 5.08. The highest BCUT2D eigenvalue weighted by Crippen LogP contribution is 2.37. The van der Waals surface area contributed by atoms with E-state index in [2.05, 4.69) is 39.2 Å². The third kappa shape index (κ3) is 5.54. The van der Waals surface area contributed by atoms with Gasteiger partial charge in [-0.1, -0.05) is 45.9 Å². The number of nitrogens with one attached hydrogen (secondary N) is 1. The number of amides is 3. The number of rotatable bonds is 8. The monoisotopic (exact) mass is 386 g/mol. The summed E-state index contributed by atoms with van der Waals surface area (Å²) in [5, 5.41) is 2.26. The van der Waals surface area contributed by atoms with Crippen molar-refractivity contribution in [3.63, 3.8) is 0 Å². The zero-order valence-corrected chi connectivity index (χ0v) is 18.1. The normalized spacial score (nSPS) is 17.5. The number of nitrogens with zero attached hydrogens (tertiary/aromatic N) is 1. The lowest BCUT2D eigenvalue weighted by molar-refractivity contribution is -0.126. The summed E-state index contributed by atoms with van der Waals surface area (Å²) in [5.74, 6) is 0.238. The number of hydrogen-bond acceptors (Lipinski definition) is 3. The van der Waals surface area contributed by atoms with E-state index in [1.165, 1.54) is 0 Å². The van der Waals surface area contributed by atoms with Gasteiger partial charge < -0.3 is 4.90 Å². The molecule has 1 saturated heterocycles. The summed E-state index contributed by atoms with van der Waals surface area (Å²) in [6.07, 6.45) is 2.98. The molecule has 154 valence electrons. The van der Waals surface area contributed by atoms with Crippen LogP contribution in [0.15, 0.2) is 46.6 Å². The van der Waals surface area contributed by atoms with E-state index < -0.39 is 5.91 Å². The highest BCUT2D eigenvalue weighted by atomic mass is 16.2. The molecule has 1 aliphatic rings. The smallest absolute Gasteiger partial charge is 0.257 e. The van der Waals surface area contributed by atoms with Crippen LogP contribution in [0.25, 0.3) is 0 Å². The third-order valence-corrected chi connectivity index (χ3v) is 5.08. The molecular weight excluding hydrogens is 352 g/mol. The minimum absolute atomic E-state index is 0.166. The molecule has 1 fully saturated rings. The molecule has 1 rings (SSSR count). The maximum Gasteiger partial charge on any atom is 0.257 e. The maximum absolute atomic E-state index is 12.7. The number of carbonyl (C=O) groups excluding carboxylic acids is 3. The highest BCUT2D eigenvalue weighted by Gasteiger charge is 2.31. The molecule has 0 aromatic carbocycles. The molecule has 28 heavy (non-hydrogen) atoms. The molecule has 1 aliphatic heterocycles. The second kappa shape index (κ2) is 10.2. The fourth-order valence-electron chi connectivity index (χ4n) is 3.85. The summed E-state index contributed by atoms with van der Waals surface area (Å²) in [4.78, 5) is 37.8. The molecule has 1 atom stereocenters. The van der Waals surface area contributed by atoms with Crippen molar-refractivity contribution in [2.24, 2.45) is 11.8 Å². The Bertz CT molecular complexity index is 737. The Morgan fingerprint density at radius 3 is 2.36 bits per heavy atom. The quantitative estimate of drug-likeness (QED) is 0.507. The van der Waals surface area contributed by atoms with E-state index in [9.17, 15) is 14.4 Å². The minimum Gasteiger partial charge on any atom is -0.337 e. The topological polar surface area (TPSA) is 66.5 Å². The molecule has 5 heteroatoms. The number of piperidine rings is 1. The van der Waals surface area contributed by atoms with Crippen LogP contribution in [0.5, 0.6) is 0 Å². The van der Waals surface area contributed by atoms with Gasteiger partial charge in [-0.05, 0) is 55.2 Å². The van der Waals surface area contributed by atoms with E-state index in [-0.39, 0.29) is 5.91 Å². The van der Waals surface area contributed by atoms with Crippen molar-refractivity contribution < 1.29 is 14.4 Å². The van der Waals surface area contributed by atoms with E-state index in [0.717, 1.165) is 29.6 Å². The van der Waals surface area contributed by atoms with Crippen molar-refractivity contribution in [3.8, 4) is 0 Å². The lowest BCUT2D eigenvalue weighted by Crippen LogP contribution is -2.36. The predicted octanol–water partition coefficient (Wildman–Crippen LogP) is 3.94. The van der Waals surface area contributed by atoms with Gasteiger partial charge in [-0.3, -0.25) is 19.7 Å². The van der Waals surface area contributed by atoms with Crippen LogP contribution in [0, 0.1) is 11.8 Å². The lowest BCUT2D eigenvalue weighted by atomic mass is 9.79. The van der Waals surface area contributed by atoms with Gasteiger partial charge in [0.05, 0.1) is 0 Å². The van der Waals surface area contributed by atoms with Crippen LogP contribution in [0.4, 0.5) is 0 Å². The summed E-state index contributed by atoms with van der Waals surface area (Å²) in [6, 6.07) is 0. The van der Waals surface area contributed by atoms with Crippen LogP contribution < -0.4 is 5.32 Å². The van der Waals surface area contributed by atoms with E-state index in [4.69, 9.17) is 0 Å². The number of imide groups is 1. The number of hydrogen-bond donors (Lipinski definition) is 1. The van der Waals surface area contributed by atoms with Crippen molar-refractivity contribution in [2.45, 2.75) is 53.9 Å². The molecule has 0 aromatic rings. The molecule has 3 amide bonds. The molecule has 0 aromatic heterocycles. The standard InChI is InChI=1S/C23H34N2O3/c1-9-18(10-14(2)3)11-19(20(15(4)5)22(27)24-13-26)21-16(6)12-25(8)23(28)17(21)7/h13-14,18H,6-7,9-12H2,1-5,8H3,(H,24,26,27)/b21-19+. The first kappa shape index (κ1) is 23.6. The van der Waals surface area contributed by atoms with Gasteiger partial charge in [0.2, 0.25) is 6.41 Å². The second-order valence-electron chi connectivity index (χ2n) is 8.17. The van der Waals surface area contributed by atoms with Crippen molar-refractivity contribution in [3.05, 3.63) is 46.6 Å². The molecule has 1 heterocycles. The van der Waals surface area contributed by atoms with Gasteiger partial charge in [0.15, 0.2) is 0 Å². The molecule has 5 nitrogen and oxygen atoms in total. The predicted molar refractivity (Wildman–Crippen MR) is 113 cm³/mol. The molecule has 0 spiro atoms. The average Bonchev–Trinajstić information content (AvgIpc) is 2.58. The number of carbonyl (C=O) groups is 3. The fraction of sp³-hybridized carbons (Fsp3) is 0.522. The molecule has 1 N–H and O–H groups in total. The van der Waals surface area contributed by atoms with Crippen LogP contribution in [0.1, 0.15) is 53.9 Å². The van der Waals surface area contributed by atoms with Gasteiger partial charge in [0, 0.05) is 24.7 Å². The molecule has 1 unspecified atom stereocenters. The number of likely N-dealkylation sites (tertiary alicyclic amines) is 1. The Morgan fingerprint density at radius 2 is 1.89 bits per heavy atom. The van der Waals surface area contributed by atoms with Gasteiger partial charge >= 0.3 is 0 Å². The Hall–Kier alpha value is -2.43. The van der Waals surface area contributed by atoms with Crippen LogP contribution in [0.3, 0.4) is 0 Å². The number of likely N-dealkylation sites (N-methyl/N-ethyl adjacent to an activating group) is 1. The van der Waals surface area contributed by atoms with Gasteiger partial charge in [-0.15, -0.1) is 0 Å². The first-order chi connectivity index (χ1) is 13.0. The second-order valence-corrected chi connectivity index (χ2v) is 8.17. The first-order valence-corrected chi connectivity index (χ1v) is 9.83. The van der Waals surface area contributed by atoms with E-state index >= 15 is 0 Å². The highest BCUT2D eigenvalue weighted by molar-refractivity contribution is 6.06. The molecule has 0 bridgehead atoms. The van der Waals surface area contributed by atoms with Crippen molar-refractivity contribution in [2.75, 3.05) is 13.6 Å². The summed E-state index contributed by atoms with van der Waals surface area (Å²) in [5.41, 5.74) is 3.79.